The summed E-state index contributed by atoms with van der Waals surface area (Å²) in [4.78, 5) is 10.1. The minimum absolute atomic E-state index is 0.0827. The van der Waals surface area contributed by atoms with Gasteiger partial charge in [0.2, 0.25) is 0 Å². The molecule has 0 bridgehead atoms. The highest BCUT2D eigenvalue weighted by atomic mass is 16.4. The van der Waals surface area contributed by atoms with E-state index in [2.05, 4.69) is 0 Å². The smallest absolute Gasteiger partial charge is 0.303 e. The maximum absolute atomic E-state index is 11.1. The van der Waals surface area contributed by atoms with Gasteiger partial charge in [-0.25, -0.2) is 0 Å². The van der Waals surface area contributed by atoms with Gasteiger partial charge in [0.05, 0.1) is 0 Å². The average molecular weight is 165 g/mol. The van der Waals surface area contributed by atoms with Crippen molar-refractivity contribution in [3.8, 4) is 0 Å². The number of hydrogen-bond acceptors (Lipinski definition) is 2. The maximum atomic E-state index is 11.1. The Balaban J connectivity index is 2.52. The van der Waals surface area contributed by atoms with Crippen LogP contribution in [0.3, 0.4) is 0 Å². The molecule has 0 unspecified atom stereocenters. The SMILES string of the molecule is O=C(O)CCC([O-])=C1C=CC=C1. The number of aliphatic carboxylic acids is 1. The zero-order valence-corrected chi connectivity index (χ0v) is 6.49. The van der Waals surface area contributed by atoms with Crippen molar-refractivity contribution in [2.24, 2.45) is 0 Å². The van der Waals surface area contributed by atoms with E-state index in [1.807, 2.05) is 0 Å². The van der Waals surface area contributed by atoms with Crippen molar-refractivity contribution in [3.05, 3.63) is 35.6 Å². The van der Waals surface area contributed by atoms with Crippen LogP contribution in [0.15, 0.2) is 35.6 Å². The quantitative estimate of drug-likeness (QED) is 0.622. The third-order valence-electron chi connectivity index (χ3n) is 1.55. The van der Waals surface area contributed by atoms with Gasteiger partial charge in [-0.2, -0.15) is 0 Å². The molecule has 0 saturated heterocycles. The van der Waals surface area contributed by atoms with E-state index < -0.39 is 5.97 Å². The van der Waals surface area contributed by atoms with Gasteiger partial charge in [0.25, 0.3) is 0 Å². The lowest BCUT2D eigenvalue weighted by molar-refractivity contribution is -0.307. The Labute approximate surface area is 70.3 Å². The highest BCUT2D eigenvalue weighted by molar-refractivity contribution is 5.67. The second-order valence-corrected chi connectivity index (χ2v) is 2.49. The lowest BCUT2D eigenvalue weighted by atomic mass is 10.2. The molecule has 1 rings (SSSR count). The summed E-state index contributed by atoms with van der Waals surface area (Å²) in [5.74, 6) is -1.04. The summed E-state index contributed by atoms with van der Waals surface area (Å²) in [6.07, 6.45) is 6.87. The molecule has 3 heteroatoms. The van der Waals surface area contributed by atoms with Crippen LogP contribution < -0.4 is 5.11 Å². The van der Waals surface area contributed by atoms with E-state index in [-0.39, 0.29) is 18.6 Å². The highest BCUT2D eigenvalue weighted by Crippen LogP contribution is 2.12. The van der Waals surface area contributed by atoms with Gasteiger partial charge in [-0.1, -0.05) is 24.3 Å². The number of rotatable bonds is 3. The van der Waals surface area contributed by atoms with Crippen molar-refractivity contribution in [2.45, 2.75) is 12.8 Å². The molecule has 0 aromatic carbocycles. The number of hydrogen-bond donors (Lipinski definition) is 1. The van der Waals surface area contributed by atoms with E-state index in [9.17, 15) is 9.90 Å². The fourth-order valence-corrected chi connectivity index (χ4v) is 0.925. The second kappa shape index (κ2) is 3.76. The van der Waals surface area contributed by atoms with E-state index in [4.69, 9.17) is 5.11 Å². The molecular formula is C9H9O3-. The molecule has 0 radical (unpaired) electrons. The van der Waals surface area contributed by atoms with E-state index >= 15 is 0 Å². The molecule has 1 aliphatic carbocycles. The molecule has 1 N–H and O–H groups in total. The minimum atomic E-state index is -0.935. The molecule has 3 nitrogen and oxygen atoms in total. The maximum Gasteiger partial charge on any atom is 0.303 e. The largest absolute Gasteiger partial charge is 0.875 e. The molecule has 0 amide bonds. The fraction of sp³-hybridized carbons (Fsp3) is 0.222. The summed E-state index contributed by atoms with van der Waals surface area (Å²) in [6, 6.07) is 0. The van der Waals surface area contributed by atoms with Crippen molar-refractivity contribution in [3.63, 3.8) is 0 Å². The number of carboxylic acids is 1. The molecule has 0 aromatic heterocycles. The summed E-state index contributed by atoms with van der Waals surface area (Å²) in [5.41, 5.74) is 0.594. The van der Waals surface area contributed by atoms with Crippen LogP contribution in [-0.2, 0) is 4.79 Å². The zero-order valence-electron chi connectivity index (χ0n) is 6.49. The van der Waals surface area contributed by atoms with Crippen LogP contribution in [0.5, 0.6) is 0 Å². The van der Waals surface area contributed by atoms with Crippen LogP contribution in [-0.4, -0.2) is 11.1 Å². The van der Waals surface area contributed by atoms with Crippen molar-refractivity contribution in [1.29, 1.82) is 0 Å². The third kappa shape index (κ3) is 2.27. The van der Waals surface area contributed by atoms with E-state index in [1.54, 1.807) is 24.3 Å². The Morgan fingerprint density at radius 1 is 1.33 bits per heavy atom. The summed E-state index contributed by atoms with van der Waals surface area (Å²) >= 11 is 0. The lowest BCUT2D eigenvalue weighted by Gasteiger charge is -2.12. The number of carboxylic acid groups (broad SMARTS) is 1. The number of allylic oxidation sites excluding steroid dienone is 6. The minimum Gasteiger partial charge on any atom is -0.875 e. The molecule has 0 aromatic rings. The van der Waals surface area contributed by atoms with Crippen LogP contribution in [0, 0.1) is 0 Å². The molecular weight excluding hydrogens is 156 g/mol. The zero-order chi connectivity index (χ0) is 8.97. The molecule has 64 valence electrons. The van der Waals surface area contributed by atoms with Gasteiger partial charge in [-0.15, -0.1) is 5.76 Å². The first-order valence-corrected chi connectivity index (χ1v) is 3.67. The lowest BCUT2D eigenvalue weighted by Crippen LogP contribution is -2.08. The Morgan fingerprint density at radius 3 is 2.42 bits per heavy atom. The topological polar surface area (TPSA) is 60.4 Å². The normalized spacial score (nSPS) is 13.8. The molecule has 0 aliphatic heterocycles. The van der Waals surface area contributed by atoms with Crippen molar-refractivity contribution < 1.29 is 15.0 Å². The van der Waals surface area contributed by atoms with Crippen LogP contribution in [0.1, 0.15) is 12.8 Å². The Hall–Kier alpha value is -1.51. The summed E-state index contributed by atoms with van der Waals surface area (Å²) in [6.45, 7) is 0. The Morgan fingerprint density at radius 2 is 1.92 bits per heavy atom. The first-order chi connectivity index (χ1) is 5.70. The van der Waals surface area contributed by atoms with E-state index in [0.717, 1.165) is 0 Å². The van der Waals surface area contributed by atoms with Gasteiger partial charge in [0, 0.05) is 6.42 Å². The van der Waals surface area contributed by atoms with Crippen LogP contribution in [0.25, 0.3) is 0 Å². The van der Waals surface area contributed by atoms with Crippen LogP contribution >= 0.6 is 0 Å². The summed E-state index contributed by atoms with van der Waals surface area (Å²) in [5, 5.41) is 19.5. The molecule has 0 heterocycles. The third-order valence-corrected chi connectivity index (χ3v) is 1.55. The van der Waals surface area contributed by atoms with Crippen molar-refractivity contribution >= 4 is 5.97 Å². The summed E-state index contributed by atoms with van der Waals surface area (Å²) < 4.78 is 0. The molecule has 0 fully saturated rings. The molecule has 0 saturated carbocycles. The van der Waals surface area contributed by atoms with Gasteiger partial charge in [-0.05, 0) is 12.0 Å². The fourth-order valence-electron chi connectivity index (χ4n) is 0.925. The first-order valence-electron chi connectivity index (χ1n) is 3.67. The van der Waals surface area contributed by atoms with Gasteiger partial charge < -0.3 is 10.2 Å². The number of carbonyl (C=O) groups is 1. The first kappa shape index (κ1) is 8.59. The molecule has 1 aliphatic rings. The van der Waals surface area contributed by atoms with E-state index in [1.165, 1.54) is 0 Å². The standard InChI is InChI=1S/C9H10O3/c10-8(5-6-9(11)12)7-3-1-2-4-7/h1-4,10H,5-6H2,(H,11,12)/p-1. The van der Waals surface area contributed by atoms with E-state index in [0.29, 0.717) is 5.57 Å². The van der Waals surface area contributed by atoms with Crippen molar-refractivity contribution in [2.75, 3.05) is 0 Å². The highest BCUT2D eigenvalue weighted by Gasteiger charge is 1.98. The second-order valence-electron chi connectivity index (χ2n) is 2.49. The molecule has 12 heavy (non-hydrogen) atoms. The molecule has 0 atom stereocenters. The predicted molar refractivity (Wildman–Crippen MR) is 42.2 cm³/mol. The van der Waals surface area contributed by atoms with Crippen molar-refractivity contribution in [1.82, 2.24) is 0 Å². The van der Waals surface area contributed by atoms with Gasteiger partial charge >= 0.3 is 5.97 Å². The summed E-state index contributed by atoms with van der Waals surface area (Å²) in [7, 11) is 0. The van der Waals surface area contributed by atoms with Gasteiger partial charge in [0.1, 0.15) is 0 Å². The van der Waals surface area contributed by atoms with Crippen LogP contribution in [0.4, 0.5) is 0 Å². The Bertz CT molecular complexity index is 257. The molecule has 0 spiro atoms. The van der Waals surface area contributed by atoms with Gasteiger partial charge in [0.15, 0.2) is 0 Å². The van der Waals surface area contributed by atoms with Crippen LogP contribution in [0.2, 0.25) is 0 Å². The van der Waals surface area contributed by atoms with Gasteiger partial charge in [-0.3, -0.25) is 4.79 Å². The monoisotopic (exact) mass is 165 g/mol. The Kier molecular flexibility index (Phi) is 2.69. The predicted octanol–water partition coefficient (Wildman–Crippen LogP) is 0.592. The average Bonchev–Trinajstić information content (AvgIpc) is 2.51.